The molecule has 17 heavy (non-hydrogen) atoms. The van der Waals surface area contributed by atoms with Gasteiger partial charge in [-0.05, 0) is 25.6 Å². The number of ether oxygens (including phenoxy) is 2. The molecule has 1 aromatic rings. The monoisotopic (exact) mass is 238 g/mol. The first-order valence-electron chi connectivity index (χ1n) is 5.86. The van der Waals surface area contributed by atoms with Crippen LogP contribution in [0.2, 0.25) is 0 Å². The minimum atomic E-state index is 0.753. The van der Waals surface area contributed by atoms with E-state index in [0.29, 0.717) is 0 Å². The molecule has 96 valence electrons. The highest BCUT2D eigenvalue weighted by atomic mass is 16.5. The third-order valence-corrected chi connectivity index (χ3v) is 2.61. The smallest absolute Gasteiger partial charge is 0.120 e. The number of likely N-dealkylation sites (N-methyl/N-ethyl adjacent to an activating group) is 1. The van der Waals surface area contributed by atoms with Crippen LogP contribution in [-0.2, 0) is 11.3 Å². The predicted octanol–water partition coefficient (Wildman–Crippen LogP) is 1.75. The van der Waals surface area contributed by atoms with Crippen molar-refractivity contribution in [1.82, 2.24) is 4.90 Å². The predicted molar refractivity (Wildman–Crippen MR) is 70.2 cm³/mol. The van der Waals surface area contributed by atoms with Gasteiger partial charge < -0.3 is 15.2 Å². The first-order valence-corrected chi connectivity index (χ1v) is 5.86. The molecule has 0 bridgehead atoms. The SMILES string of the molecule is CCOCCN(C)Cc1ccc(OC)cc1N. The molecule has 1 rings (SSSR count). The van der Waals surface area contributed by atoms with Crippen LogP contribution in [0.25, 0.3) is 0 Å². The van der Waals surface area contributed by atoms with Crippen LogP contribution in [-0.4, -0.2) is 38.8 Å². The van der Waals surface area contributed by atoms with Crippen molar-refractivity contribution < 1.29 is 9.47 Å². The Bertz CT molecular complexity index is 342. The summed E-state index contributed by atoms with van der Waals surface area (Å²) in [6, 6.07) is 5.79. The van der Waals surface area contributed by atoms with Gasteiger partial charge in [0.25, 0.3) is 0 Å². The number of benzene rings is 1. The number of nitrogens with two attached hydrogens (primary N) is 1. The molecule has 0 atom stereocenters. The highest BCUT2D eigenvalue weighted by molar-refractivity contribution is 5.51. The average Bonchev–Trinajstić information content (AvgIpc) is 2.32. The van der Waals surface area contributed by atoms with Crippen LogP contribution >= 0.6 is 0 Å². The average molecular weight is 238 g/mol. The van der Waals surface area contributed by atoms with E-state index < -0.39 is 0 Å². The van der Waals surface area contributed by atoms with Gasteiger partial charge in [0.1, 0.15) is 5.75 Å². The number of hydrogen-bond donors (Lipinski definition) is 1. The molecule has 0 heterocycles. The van der Waals surface area contributed by atoms with Gasteiger partial charge in [0, 0.05) is 31.5 Å². The quantitative estimate of drug-likeness (QED) is 0.580. The lowest BCUT2D eigenvalue weighted by Crippen LogP contribution is -2.23. The molecule has 2 N–H and O–H groups in total. The summed E-state index contributed by atoms with van der Waals surface area (Å²) in [4.78, 5) is 2.19. The van der Waals surface area contributed by atoms with Crippen LogP contribution < -0.4 is 10.5 Å². The van der Waals surface area contributed by atoms with Crippen molar-refractivity contribution in [2.24, 2.45) is 0 Å². The molecule has 0 saturated carbocycles. The van der Waals surface area contributed by atoms with E-state index in [-0.39, 0.29) is 0 Å². The van der Waals surface area contributed by atoms with Gasteiger partial charge in [-0.2, -0.15) is 0 Å². The molecule has 0 aliphatic heterocycles. The Morgan fingerprint density at radius 3 is 2.71 bits per heavy atom. The van der Waals surface area contributed by atoms with Crippen LogP contribution in [0, 0.1) is 0 Å². The number of anilines is 1. The molecule has 4 nitrogen and oxygen atoms in total. The number of nitrogens with zero attached hydrogens (tertiary/aromatic N) is 1. The topological polar surface area (TPSA) is 47.7 Å². The highest BCUT2D eigenvalue weighted by Gasteiger charge is 2.05. The van der Waals surface area contributed by atoms with Gasteiger partial charge in [-0.15, -0.1) is 0 Å². The largest absolute Gasteiger partial charge is 0.497 e. The van der Waals surface area contributed by atoms with Crippen molar-refractivity contribution in [3.63, 3.8) is 0 Å². The normalized spacial score (nSPS) is 10.8. The second-order valence-corrected chi connectivity index (χ2v) is 4.00. The van der Waals surface area contributed by atoms with E-state index in [1.54, 1.807) is 7.11 Å². The van der Waals surface area contributed by atoms with Crippen molar-refractivity contribution in [3.8, 4) is 5.75 Å². The van der Waals surface area contributed by atoms with Crippen LogP contribution in [0.5, 0.6) is 5.75 Å². The molecule has 0 amide bonds. The minimum Gasteiger partial charge on any atom is -0.497 e. The Labute approximate surface area is 103 Å². The van der Waals surface area contributed by atoms with Gasteiger partial charge in [0.15, 0.2) is 0 Å². The molecule has 0 radical (unpaired) electrons. The Hall–Kier alpha value is -1.26. The van der Waals surface area contributed by atoms with E-state index in [0.717, 1.165) is 43.3 Å². The Morgan fingerprint density at radius 1 is 1.35 bits per heavy atom. The van der Waals surface area contributed by atoms with E-state index in [9.17, 15) is 0 Å². The zero-order chi connectivity index (χ0) is 12.7. The Kier molecular flexibility index (Phi) is 5.80. The molecule has 0 saturated heterocycles. The fraction of sp³-hybridized carbons (Fsp3) is 0.538. The standard InChI is InChI=1S/C13H22N2O2/c1-4-17-8-7-15(2)10-11-5-6-12(16-3)9-13(11)14/h5-6,9H,4,7-8,10,14H2,1-3H3. The molecule has 4 heteroatoms. The second kappa shape index (κ2) is 7.14. The minimum absolute atomic E-state index is 0.753. The summed E-state index contributed by atoms with van der Waals surface area (Å²) >= 11 is 0. The summed E-state index contributed by atoms with van der Waals surface area (Å²) in [6.07, 6.45) is 0. The van der Waals surface area contributed by atoms with Crippen molar-refractivity contribution >= 4 is 5.69 Å². The van der Waals surface area contributed by atoms with Gasteiger partial charge in [-0.3, -0.25) is 4.90 Å². The van der Waals surface area contributed by atoms with Crippen LogP contribution in [0.15, 0.2) is 18.2 Å². The lowest BCUT2D eigenvalue weighted by atomic mass is 10.1. The van der Waals surface area contributed by atoms with Gasteiger partial charge in [0.2, 0.25) is 0 Å². The molecule has 0 aliphatic carbocycles. The van der Waals surface area contributed by atoms with Crippen molar-refractivity contribution in [2.45, 2.75) is 13.5 Å². The molecule has 1 aromatic carbocycles. The lowest BCUT2D eigenvalue weighted by Gasteiger charge is -2.18. The second-order valence-electron chi connectivity index (χ2n) is 4.00. The highest BCUT2D eigenvalue weighted by Crippen LogP contribution is 2.20. The maximum absolute atomic E-state index is 5.96. The van der Waals surface area contributed by atoms with E-state index in [1.165, 1.54) is 0 Å². The van der Waals surface area contributed by atoms with Crippen molar-refractivity contribution in [1.29, 1.82) is 0 Å². The van der Waals surface area contributed by atoms with Gasteiger partial charge in [0.05, 0.1) is 13.7 Å². The summed E-state index contributed by atoms with van der Waals surface area (Å²) < 4.78 is 10.4. The van der Waals surface area contributed by atoms with E-state index >= 15 is 0 Å². The lowest BCUT2D eigenvalue weighted by molar-refractivity contribution is 0.120. The van der Waals surface area contributed by atoms with Crippen molar-refractivity contribution in [2.75, 3.05) is 39.6 Å². The van der Waals surface area contributed by atoms with Crippen molar-refractivity contribution in [3.05, 3.63) is 23.8 Å². The Morgan fingerprint density at radius 2 is 2.12 bits per heavy atom. The fourth-order valence-corrected chi connectivity index (χ4v) is 1.58. The van der Waals surface area contributed by atoms with Gasteiger partial charge in [-0.25, -0.2) is 0 Å². The molecular weight excluding hydrogens is 216 g/mol. The number of hydrogen-bond acceptors (Lipinski definition) is 4. The van der Waals surface area contributed by atoms with Gasteiger partial charge in [-0.1, -0.05) is 6.07 Å². The maximum Gasteiger partial charge on any atom is 0.120 e. The van der Waals surface area contributed by atoms with Gasteiger partial charge >= 0.3 is 0 Å². The van der Waals surface area contributed by atoms with Crippen LogP contribution in [0.3, 0.4) is 0 Å². The first-order chi connectivity index (χ1) is 8.17. The third-order valence-electron chi connectivity index (χ3n) is 2.61. The molecular formula is C13H22N2O2. The van der Waals surface area contributed by atoms with E-state index in [2.05, 4.69) is 11.9 Å². The van der Waals surface area contributed by atoms with Crippen LogP contribution in [0.1, 0.15) is 12.5 Å². The van der Waals surface area contributed by atoms with E-state index in [1.807, 2.05) is 25.1 Å². The zero-order valence-corrected chi connectivity index (χ0v) is 10.9. The molecule has 0 unspecified atom stereocenters. The summed E-state index contributed by atoms with van der Waals surface area (Å²) in [5, 5.41) is 0. The summed E-state index contributed by atoms with van der Waals surface area (Å²) in [5.41, 5.74) is 7.85. The molecule has 0 fully saturated rings. The fourth-order valence-electron chi connectivity index (χ4n) is 1.58. The molecule has 0 spiro atoms. The van der Waals surface area contributed by atoms with Crippen LogP contribution in [0.4, 0.5) is 5.69 Å². The summed E-state index contributed by atoms with van der Waals surface area (Å²) in [7, 11) is 3.70. The summed E-state index contributed by atoms with van der Waals surface area (Å²) in [5.74, 6) is 0.795. The maximum atomic E-state index is 5.96. The number of methoxy groups -OCH3 is 1. The zero-order valence-electron chi connectivity index (χ0n) is 10.9. The Balaban J connectivity index is 2.50. The van der Waals surface area contributed by atoms with E-state index in [4.69, 9.17) is 15.2 Å². The molecule has 0 aromatic heterocycles. The number of rotatable bonds is 7. The first kappa shape index (κ1) is 13.8. The molecule has 0 aliphatic rings. The summed E-state index contributed by atoms with van der Waals surface area (Å²) in [6.45, 7) is 5.24. The third kappa shape index (κ3) is 4.63. The number of nitrogen functional groups attached to an aromatic ring is 1.